The van der Waals surface area contributed by atoms with E-state index in [-0.39, 0.29) is 34.0 Å². The molecule has 0 atom stereocenters. The second-order valence-corrected chi connectivity index (χ2v) is 5.43. The van der Waals surface area contributed by atoms with Crippen LogP contribution in [0.5, 0.6) is 0 Å². The maximum absolute atomic E-state index is 12.7. The van der Waals surface area contributed by atoms with Gasteiger partial charge >= 0.3 is 5.69 Å². The van der Waals surface area contributed by atoms with Crippen LogP contribution in [0.25, 0.3) is 28.4 Å². The molecule has 0 saturated carbocycles. The van der Waals surface area contributed by atoms with Crippen LogP contribution in [0, 0.1) is 11.3 Å². The number of hydrogen-bond donors (Lipinski definition) is 1. The van der Waals surface area contributed by atoms with Crippen LogP contribution in [0.1, 0.15) is 5.56 Å². The molecule has 0 aromatic carbocycles. The van der Waals surface area contributed by atoms with Gasteiger partial charge in [0.1, 0.15) is 23.1 Å². The Hall–Kier alpha value is -3.87. The summed E-state index contributed by atoms with van der Waals surface area (Å²) in [4.78, 5) is 33.2. The summed E-state index contributed by atoms with van der Waals surface area (Å²) in [6.07, 6.45) is 1.44. The highest BCUT2D eigenvalue weighted by molar-refractivity contribution is 5.82. The van der Waals surface area contributed by atoms with Crippen molar-refractivity contribution in [2.45, 2.75) is 0 Å². The van der Waals surface area contributed by atoms with E-state index in [1.165, 1.54) is 29.3 Å². The minimum atomic E-state index is -0.561. The fraction of sp³-hybridized carbons (Fsp3) is 0.133. The van der Waals surface area contributed by atoms with Crippen LogP contribution >= 0.6 is 0 Å². The van der Waals surface area contributed by atoms with Crippen LogP contribution in [-0.2, 0) is 14.1 Å². The zero-order valence-electron chi connectivity index (χ0n) is 13.2. The number of aromatic nitrogens is 5. The first-order valence-electron chi connectivity index (χ1n) is 7.17. The van der Waals surface area contributed by atoms with Gasteiger partial charge in [-0.1, -0.05) is 0 Å². The lowest BCUT2D eigenvalue weighted by molar-refractivity contribution is 0.579. The van der Waals surface area contributed by atoms with E-state index >= 15 is 0 Å². The van der Waals surface area contributed by atoms with Gasteiger partial charge in [-0.05, 0) is 12.1 Å². The van der Waals surface area contributed by atoms with Crippen molar-refractivity contribution in [1.29, 1.82) is 5.26 Å². The van der Waals surface area contributed by atoms with E-state index < -0.39 is 11.2 Å². The minimum absolute atomic E-state index is 0.0430. The van der Waals surface area contributed by atoms with Crippen LogP contribution in [0.3, 0.4) is 0 Å². The van der Waals surface area contributed by atoms with Crippen molar-refractivity contribution < 1.29 is 4.42 Å². The highest BCUT2D eigenvalue weighted by Gasteiger charge is 2.24. The van der Waals surface area contributed by atoms with Crippen LogP contribution in [0.4, 0.5) is 5.82 Å². The van der Waals surface area contributed by atoms with Gasteiger partial charge in [0.25, 0.3) is 5.56 Å². The van der Waals surface area contributed by atoms with Gasteiger partial charge in [-0.2, -0.15) is 15.2 Å². The Kier molecular flexibility index (Phi) is 2.83. The molecular formula is C15H11N7O3. The van der Waals surface area contributed by atoms with E-state index in [2.05, 4.69) is 9.97 Å². The molecule has 0 saturated heterocycles. The Balaban J connectivity index is 2.40. The largest absolute Gasteiger partial charge is 0.463 e. The maximum Gasteiger partial charge on any atom is 0.332 e. The van der Waals surface area contributed by atoms with Gasteiger partial charge in [0.05, 0.1) is 6.26 Å². The number of imidazole rings is 1. The van der Waals surface area contributed by atoms with Crippen molar-refractivity contribution in [3.05, 3.63) is 44.8 Å². The molecule has 4 aromatic heterocycles. The third-order valence-corrected chi connectivity index (χ3v) is 4.04. The number of anilines is 1. The first kappa shape index (κ1) is 14.7. The molecule has 4 aromatic rings. The van der Waals surface area contributed by atoms with E-state index in [0.717, 1.165) is 4.57 Å². The zero-order chi connectivity index (χ0) is 17.9. The molecule has 0 fully saturated rings. The molecule has 2 N–H and O–H groups in total. The fourth-order valence-electron chi connectivity index (χ4n) is 2.82. The predicted octanol–water partition coefficient (Wildman–Crippen LogP) is -0.00622. The summed E-state index contributed by atoms with van der Waals surface area (Å²) in [7, 11) is 2.86. The van der Waals surface area contributed by atoms with Crippen molar-refractivity contribution in [1.82, 2.24) is 23.5 Å². The molecule has 25 heavy (non-hydrogen) atoms. The molecule has 0 radical (unpaired) electrons. The van der Waals surface area contributed by atoms with Crippen molar-refractivity contribution in [3.63, 3.8) is 0 Å². The second kappa shape index (κ2) is 4.81. The molecule has 4 rings (SSSR count). The number of fused-ring (bicyclic) bond motifs is 3. The monoisotopic (exact) mass is 337 g/mol. The summed E-state index contributed by atoms with van der Waals surface area (Å²) in [6.45, 7) is 0. The standard InChI is InChI=1S/C15H11N7O3/c1-20-12-10(13(23)21(2)15(20)24)22-9(8-4-3-5-25-8)7(6-16)11(17)18-14(22)19-12/h3-5H,1-2H3,(H2,17,18,19). The van der Waals surface area contributed by atoms with Gasteiger partial charge in [0.15, 0.2) is 16.9 Å². The molecular weight excluding hydrogens is 326 g/mol. The number of aryl methyl sites for hydroxylation is 1. The number of nitrogen functional groups attached to an aromatic ring is 1. The maximum atomic E-state index is 12.7. The molecule has 0 aliphatic rings. The Morgan fingerprint density at radius 2 is 2.00 bits per heavy atom. The Morgan fingerprint density at radius 1 is 1.24 bits per heavy atom. The molecule has 0 unspecified atom stereocenters. The van der Waals surface area contributed by atoms with Gasteiger partial charge in [-0.3, -0.25) is 18.3 Å². The number of rotatable bonds is 1. The number of nitriles is 1. The van der Waals surface area contributed by atoms with Gasteiger partial charge in [0, 0.05) is 14.1 Å². The normalized spacial score (nSPS) is 11.2. The van der Waals surface area contributed by atoms with E-state index in [4.69, 9.17) is 10.2 Å². The summed E-state index contributed by atoms with van der Waals surface area (Å²) in [5.74, 6) is 0.376. The Morgan fingerprint density at radius 3 is 2.64 bits per heavy atom. The lowest BCUT2D eigenvalue weighted by Gasteiger charge is -2.08. The first-order chi connectivity index (χ1) is 12.0. The summed E-state index contributed by atoms with van der Waals surface area (Å²) >= 11 is 0. The molecule has 0 aliphatic heterocycles. The summed E-state index contributed by atoms with van der Waals surface area (Å²) in [6, 6.07) is 5.26. The Labute approximate surface area is 139 Å². The average molecular weight is 337 g/mol. The first-order valence-corrected chi connectivity index (χ1v) is 7.17. The zero-order valence-corrected chi connectivity index (χ0v) is 13.2. The van der Waals surface area contributed by atoms with Crippen molar-refractivity contribution in [2.24, 2.45) is 14.1 Å². The number of hydrogen-bond acceptors (Lipinski definition) is 7. The van der Waals surface area contributed by atoms with Gasteiger partial charge in [0.2, 0.25) is 5.78 Å². The van der Waals surface area contributed by atoms with Crippen molar-refractivity contribution in [3.8, 4) is 17.5 Å². The predicted molar refractivity (Wildman–Crippen MR) is 87.8 cm³/mol. The topological polar surface area (TPSA) is 137 Å². The molecule has 124 valence electrons. The van der Waals surface area contributed by atoms with Crippen molar-refractivity contribution in [2.75, 3.05) is 5.73 Å². The molecule has 0 amide bonds. The SMILES string of the molecule is Cn1c(=O)c2c(nc3nc(N)c(C#N)c(-c4ccco4)n32)n(C)c1=O. The third kappa shape index (κ3) is 1.77. The average Bonchev–Trinajstić information content (AvgIpc) is 3.24. The van der Waals surface area contributed by atoms with Crippen LogP contribution in [-0.4, -0.2) is 23.5 Å². The van der Waals surface area contributed by atoms with Crippen LogP contribution < -0.4 is 17.0 Å². The molecule has 0 spiro atoms. The van der Waals surface area contributed by atoms with E-state index in [9.17, 15) is 14.9 Å². The Bertz CT molecular complexity index is 1320. The van der Waals surface area contributed by atoms with Gasteiger partial charge in [-0.15, -0.1) is 0 Å². The minimum Gasteiger partial charge on any atom is -0.463 e. The number of furan rings is 1. The lowest BCUT2D eigenvalue weighted by atomic mass is 10.2. The molecule has 10 heteroatoms. The van der Waals surface area contributed by atoms with E-state index in [0.29, 0.717) is 5.76 Å². The second-order valence-electron chi connectivity index (χ2n) is 5.43. The van der Waals surface area contributed by atoms with Crippen molar-refractivity contribution >= 4 is 22.8 Å². The van der Waals surface area contributed by atoms with Gasteiger partial charge < -0.3 is 10.2 Å². The number of nitrogens with zero attached hydrogens (tertiary/aromatic N) is 6. The molecule has 4 heterocycles. The quantitative estimate of drug-likeness (QED) is 0.516. The van der Waals surface area contributed by atoms with E-state index in [1.807, 2.05) is 6.07 Å². The number of nitrogens with two attached hydrogens (primary N) is 1. The lowest BCUT2D eigenvalue weighted by Crippen LogP contribution is -2.37. The summed E-state index contributed by atoms with van der Waals surface area (Å²) < 4.78 is 9.00. The fourth-order valence-corrected chi connectivity index (χ4v) is 2.82. The third-order valence-electron chi connectivity index (χ3n) is 4.04. The smallest absolute Gasteiger partial charge is 0.332 e. The molecule has 0 aliphatic carbocycles. The van der Waals surface area contributed by atoms with E-state index in [1.54, 1.807) is 12.1 Å². The van der Waals surface area contributed by atoms with Crippen LogP contribution in [0.2, 0.25) is 0 Å². The summed E-state index contributed by atoms with van der Waals surface area (Å²) in [5.41, 5.74) is 5.36. The summed E-state index contributed by atoms with van der Waals surface area (Å²) in [5, 5.41) is 9.51. The van der Waals surface area contributed by atoms with Crippen LogP contribution in [0.15, 0.2) is 32.4 Å². The highest BCUT2D eigenvalue weighted by Crippen LogP contribution is 2.29. The van der Waals surface area contributed by atoms with Gasteiger partial charge in [-0.25, -0.2) is 4.79 Å². The molecule has 10 nitrogen and oxygen atoms in total. The highest BCUT2D eigenvalue weighted by atomic mass is 16.3. The molecule has 0 bridgehead atoms.